The fourth-order valence-corrected chi connectivity index (χ4v) is 5.43. The molecule has 1 N–H and O–H groups in total. The number of halogens is 1. The molecule has 214 valence electrons. The summed E-state index contributed by atoms with van der Waals surface area (Å²) >= 11 is 6.10. The predicted octanol–water partition coefficient (Wildman–Crippen LogP) is 5.14. The summed E-state index contributed by atoms with van der Waals surface area (Å²) in [7, 11) is -3.82. The molecule has 0 saturated carbocycles. The number of aryl methyl sites for hydroxylation is 2. The number of sulfonamides is 1. The Labute approximate surface area is 243 Å². The summed E-state index contributed by atoms with van der Waals surface area (Å²) in [4.78, 5) is 29.2. The molecule has 3 aromatic rings. The summed E-state index contributed by atoms with van der Waals surface area (Å²) in [6.07, 6.45) is 1.35. The number of benzene rings is 3. The highest BCUT2D eigenvalue weighted by Crippen LogP contribution is 2.23. The van der Waals surface area contributed by atoms with E-state index in [0.29, 0.717) is 17.3 Å². The number of rotatable bonds is 12. The van der Waals surface area contributed by atoms with Gasteiger partial charge in [0.25, 0.3) is 0 Å². The molecule has 0 aromatic heterocycles. The SMILES string of the molecule is Cc1cc(C)cc(N(CC(=O)N(Cc2ccc(Cl)cc2)[C@@H](Cc2ccccc2)C(=O)NCC(C)C)S(C)(=O)=O)c1. The average molecular weight is 584 g/mol. The van der Waals surface area contributed by atoms with Gasteiger partial charge in [-0.25, -0.2) is 8.42 Å². The summed E-state index contributed by atoms with van der Waals surface area (Å²) in [5, 5.41) is 3.53. The first-order chi connectivity index (χ1) is 18.8. The Hall–Kier alpha value is -3.36. The van der Waals surface area contributed by atoms with Crippen molar-refractivity contribution in [3.63, 3.8) is 0 Å². The highest BCUT2D eigenvalue weighted by atomic mass is 35.5. The molecule has 7 nitrogen and oxygen atoms in total. The van der Waals surface area contributed by atoms with Gasteiger partial charge < -0.3 is 10.2 Å². The van der Waals surface area contributed by atoms with Gasteiger partial charge in [0.15, 0.2) is 0 Å². The highest BCUT2D eigenvalue weighted by molar-refractivity contribution is 7.92. The number of nitrogens with one attached hydrogen (secondary N) is 1. The van der Waals surface area contributed by atoms with Gasteiger partial charge in [0.2, 0.25) is 21.8 Å². The Morgan fingerprint density at radius 1 is 0.900 bits per heavy atom. The van der Waals surface area contributed by atoms with Gasteiger partial charge in [-0.2, -0.15) is 0 Å². The maximum Gasteiger partial charge on any atom is 0.244 e. The molecule has 9 heteroatoms. The van der Waals surface area contributed by atoms with Crippen LogP contribution in [0.4, 0.5) is 5.69 Å². The second-order valence-corrected chi connectivity index (χ2v) is 13.0. The lowest BCUT2D eigenvalue weighted by molar-refractivity contribution is -0.140. The van der Waals surface area contributed by atoms with Crippen molar-refractivity contribution in [1.82, 2.24) is 10.2 Å². The van der Waals surface area contributed by atoms with E-state index in [1.54, 1.807) is 36.4 Å². The quantitative estimate of drug-likeness (QED) is 0.320. The zero-order valence-electron chi connectivity index (χ0n) is 23.7. The van der Waals surface area contributed by atoms with E-state index in [1.165, 1.54) is 4.90 Å². The number of hydrogen-bond acceptors (Lipinski definition) is 4. The van der Waals surface area contributed by atoms with Crippen molar-refractivity contribution in [3.05, 3.63) is 100 Å². The lowest BCUT2D eigenvalue weighted by atomic mass is 10.0. The summed E-state index contributed by atoms with van der Waals surface area (Å²) in [6.45, 7) is 7.85. The maximum absolute atomic E-state index is 14.1. The van der Waals surface area contributed by atoms with E-state index in [1.807, 2.05) is 64.1 Å². The molecule has 0 spiro atoms. The van der Waals surface area contributed by atoms with Crippen molar-refractivity contribution in [2.24, 2.45) is 5.92 Å². The fourth-order valence-electron chi connectivity index (χ4n) is 4.47. The zero-order valence-corrected chi connectivity index (χ0v) is 25.3. The van der Waals surface area contributed by atoms with E-state index in [4.69, 9.17) is 11.6 Å². The Bertz CT molecular complexity index is 1390. The molecule has 3 aromatic carbocycles. The number of carbonyl (C=O) groups excluding carboxylic acids is 2. The van der Waals surface area contributed by atoms with E-state index in [2.05, 4.69) is 5.32 Å². The van der Waals surface area contributed by atoms with Crippen LogP contribution in [-0.4, -0.2) is 50.5 Å². The molecular weight excluding hydrogens is 546 g/mol. The number of nitrogens with zero attached hydrogens (tertiary/aromatic N) is 2. The van der Waals surface area contributed by atoms with Gasteiger partial charge in [-0.3, -0.25) is 13.9 Å². The highest BCUT2D eigenvalue weighted by Gasteiger charge is 2.33. The lowest BCUT2D eigenvalue weighted by Crippen LogP contribution is -2.53. The topological polar surface area (TPSA) is 86.8 Å². The van der Waals surface area contributed by atoms with Crippen LogP contribution < -0.4 is 9.62 Å². The van der Waals surface area contributed by atoms with Crippen LogP contribution in [0, 0.1) is 19.8 Å². The van der Waals surface area contributed by atoms with Crippen molar-refractivity contribution >= 4 is 39.1 Å². The predicted molar refractivity (Wildman–Crippen MR) is 162 cm³/mol. The van der Waals surface area contributed by atoms with Gasteiger partial charge >= 0.3 is 0 Å². The van der Waals surface area contributed by atoms with Crippen molar-refractivity contribution in [2.45, 2.75) is 46.7 Å². The standard InChI is InChI=1S/C31H38ClN3O4S/c1-22(2)19-33-31(37)29(18-25-9-7-6-8-10-25)34(20-26-11-13-27(32)14-12-26)30(36)21-35(40(5,38)39)28-16-23(3)15-24(4)17-28/h6-17,22,29H,18-21H2,1-5H3,(H,33,37)/t29-/m0/s1. The number of hydrogen-bond donors (Lipinski definition) is 1. The van der Waals surface area contributed by atoms with Gasteiger partial charge in [0.05, 0.1) is 11.9 Å². The van der Waals surface area contributed by atoms with Crippen LogP contribution in [0.3, 0.4) is 0 Å². The largest absolute Gasteiger partial charge is 0.354 e. The number of anilines is 1. The first-order valence-electron chi connectivity index (χ1n) is 13.2. The van der Waals surface area contributed by atoms with Crippen LogP contribution in [0.5, 0.6) is 0 Å². The maximum atomic E-state index is 14.1. The number of carbonyl (C=O) groups is 2. The lowest BCUT2D eigenvalue weighted by Gasteiger charge is -2.33. The van der Waals surface area contributed by atoms with Crippen LogP contribution in [0.2, 0.25) is 5.02 Å². The molecule has 0 aliphatic heterocycles. The summed E-state index contributed by atoms with van der Waals surface area (Å²) in [5.41, 5.74) is 3.82. The van der Waals surface area contributed by atoms with Crippen LogP contribution in [0.25, 0.3) is 0 Å². The van der Waals surface area contributed by atoms with E-state index in [-0.39, 0.29) is 24.8 Å². The van der Waals surface area contributed by atoms with E-state index in [9.17, 15) is 18.0 Å². The second kappa shape index (κ2) is 13.8. The molecule has 2 amide bonds. The van der Waals surface area contributed by atoms with Gasteiger partial charge in [-0.15, -0.1) is 0 Å². The molecule has 0 radical (unpaired) electrons. The molecule has 0 fully saturated rings. The third-order valence-electron chi connectivity index (χ3n) is 6.40. The molecule has 0 bridgehead atoms. The smallest absolute Gasteiger partial charge is 0.244 e. The minimum Gasteiger partial charge on any atom is -0.354 e. The Morgan fingerprint density at radius 2 is 1.50 bits per heavy atom. The molecule has 0 aliphatic rings. The molecule has 0 unspecified atom stereocenters. The summed E-state index contributed by atoms with van der Waals surface area (Å²) in [6, 6.07) is 21.1. The van der Waals surface area contributed by atoms with Gasteiger partial charge in [-0.05, 0) is 66.3 Å². The van der Waals surface area contributed by atoms with Crippen molar-refractivity contribution in [1.29, 1.82) is 0 Å². The van der Waals surface area contributed by atoms with Crippen LogP contribution in [-0.2, 0) is 32.6 Å². The molecule has 3 rings (SSSR count). The second-order valence-electron chi connectivity index (χ2n) is 10.6. The molecule has 0 aliphatic carbocycles. The van der Waals surface area contributed by atoms with Crippen molar-refractivity contribution in [2.75, 3.05) is 23.7 Å². The van der Waals surface area contributed by atoms with Gasteiger partial charge in [0.1, 0.15) is 12.6 Å². The Kier molecular flexibility index (Phi) is 10.8. The monoisotopic (exact) mass is 583 g/mol. The van der Waals surface area contributed by atoms with Crippen LogP contribution in [0.15, 0.2) is 72.8 Å². The van der Waals surface area contributed by atoms with E-state index < -0.39 is 28.5 Å². The van der Waals surface area contributed by atoms with E-state index in [0.717, 1.165) is 32.8 Å². The van der Waals surface area contributed by atoms with Crippen LogP contribution >= 0.6 is 11.6 Å². The van der Waals surface area contributed by atoms with Gasteiger partial charge in [0, 0.05) is 24.5 Å². The fraction of sp³-hybridized carbons (Fsp3) is 0.355. The Morgan fingerprint density at radius 3 is 2.05 bits per heavy atom. The van der Waals surface area contributed by atoms with Crippen LogP contribution in [0.1, 0.15) is 36.1 Å². The Balaban J connectivity index is 2.06. The summed E-state index contributed by atoms with van der Waals surface area (Å²) < 4.78 is 27.0. The van der Waals surface area contributed by atoms with Crippen molar-refractivity contribution < 1.29 is 18.0 Å². The minimum atomic E-state index is -3.82. The zero-order chi connectivity index (χ0) is 29.4. The third kappa shape index (κ3) is 9.10. The molecule has 0 saturated heterocycles. The first-order valence-corrected chi connectivity index (χ1v) is 15.5. The summed E-state index contributed by atoms with van der Waals surface area (Å²) in [5.74, 6) is -0.565. The molecule has 1 atom stereocenters. The number of amides is 2. The van der Waals surface area contributed by atoms with E-state index >= 15 is 0 Å². The minimum absolute atomic E-state index is 0.104. The molecule has 40 heavy (non-hydrogen) atoms. The molecular formula is C31H38ClN3O4S. The third-order valence-corrected chi connectivity index (χ3v) is 7.79. The van der Waals surface area contributed by atoms with Crippen molar-refractivity contribution in [3.8, 4) is 0 Å². The van der Waals surface area contributed by atoms with Gasteiger partial charge in [-0.1, -0.05) is 74.0 Å². The normalized spacial score (nSPS) is 12.2. The first kappa shape index (κ1) is 31.2. The molecule has 0 heterocycles. The average Bonchev–Trinajstić information content (AvgIpc) is 2.88.